The number of hydrogen-bond acceptors (Lipinski definition) is 5. The second-order valence-corrected chi connectivity index (χ2v) is 6.89. The number of thioether (sulfide) groups is 1. The first-order valence-corrected chi connectivity index (χ1v) is 9.50. The molecule has 0 unspecified atom stereocenters. The zero-order chi connectivity index (χ0) is 18.9. The summed E-state index contributed by atoms with van der Waals surface area (Å²) in [6.07, 6.45) is 1.52. The molecule has 0 radical (unpaired) electrons. The van der Waals surface area contributed by atoms with E-state index in [1.807, 2.05) is 0 Å². The average Bonchev–Trinajstić information content (AvgIpc) is 2.64. The van der Waals surface area contributed by atoms with Gasteiger partial charge in [0, 0.05) is 27.4 Å². The van der Waals surface area contributed by atoms with Crippen LogP contribution >= 0.6 is 35.0 Å². The van der Waals surface area contributed by atoms with Crippen molar-refractivity contribution in [1.29, 1.82) is 0 Å². The topological polar surface area (TPSA) is 59.9 Å². The number of nitrogens with one attached hydrogen (secondary N) is 1. The predicted octanol–water partition coefficient (Wildman–Crippen LogP) is 4.39. The Morgan fingerprint density at radius 1 is 1.19 bits per heavy atom. The zero-order valence-corrected chi connectivity index (χ0v) is 16.6. The highest BCUT2D eigenvalue weighted by atomic mass is 35.5. The molecule has 0 aliphatic rings. The van der Waals surface area contributed by atoms with Crippen LogP contribution in [0.25, 0.3) is 0 Å². The third kappa shape index (κ3) is 5.83. The minimum Gasteiger partial charge on any atom is -0.497 e. The molecular formula is C18H18Cl2N2O3S. The van der Waals surface area contributed by atoms with E-state index < -0.39 is 0 Å². The lowest BCUT2D eigenvalue weighted by molar-refractivity contribution is -0.118. The molecule has 0 saturated heterocycles. The molecule has 0 aliphatic carbocycles. The molecule has 8 heteroatoms. The Balaban J connectivity index is 1.84. The van der Waals surface area contributed by atoms with Crippen LogP contribution in [0.1, 0.15) is 11.1 Å². The molecule has 0 aliphatic heterocycles. The van der Waals surface area contributed by atoms with Gasteiger partial charge in [0.2, 0.25) is 5.91 Å². The normalized spacial score (nSPS) is 10.8. The fraction of sp³-hybridized carbons (Fsp3) is 0.222. The first-order valence-electron chi connectivity index (χ1n) is 7.59. The van der Waals surface area contributed by atoms with E-state index in [1.54, 1.807) is 50.6 Å². The Hall–Kier alpha value is -1.89. The van der Waals surface area contributed by atoms with Crippen molar-refractivity contribution in [1.82, 2.24) is 5.43 Å². The van der Waals surface area contributed by atoms with Crippen LogP contribution in [-0.4, -0.2) is 32.1 Å². The summed E-state index contributed by atoms with van der Waals surface area (Å²) in [5.74, 6) is 1.84. The minimum atomic E-state index is -0.220. The van der Waals surface area contributed by atoms with Gasteiger partial charge < -0.3 is 9.47 Å². The summed E-state index contributed by atoms with van der Waals surface area (Å²) in [4.78, 5) is 11.9. The lowest BCUT2D eigenvalue weighted by Gasteiger charge is -2.07. The molecule has 1 N–H and O–H groups in total. The quantitative estimate of drug-likeness (QED) is 0.515. The third-order valence-electron chi connectivity index (χ3n) is 3.37. The van der Waals surface area contributed by atoms with Crippen molar-refractivity contribution in [3.63, 3.8) is 0 Å². The minimum absolute atomic E-state index is 0.220. The highest BCUT2D eigenvalue weighted by Crippen LogP contribution is 2.28. The summed E-state index contributed by atoms with van der Waals surface area (Å²) in [5, 5.41) is 5.14. The molecule has 0 fully saturated rings. The number of halogens is 2. The number of benzene rings is 2. The summed E-state index contributed by atoms with van der Waals surface area (Å²) in [7, 11) is 3.14. The van der Waals surface area contributed by atoms with E-state index >= 15 is 0 Å². The van der Waals surface area contributed by atoms with Gasteiger partial charge in [-0.05, 0) is 29.8 Å². The maximum Gasteiger partial charge on any atom is 0.250 e. The highest BCUT2D eigenvalue weighted by Gasteiger charge is 2.07. The number of rotatable bonds is 8. The molecule has 1 amide bonds. The van der Waals surface area contributed by atoms with Gasteiger partial charge in [0.15, 0.2) is 0 Å². The number of hydrazone groups is 1. The number of ether oxygens (including phenoxy) is 2. The van der Waals surface area contributed by atoms with Gasteiger partial charge in [0.25, 0.3) is 0 Å². The van der Waals surface area contributed by atoms with Crippen LogP contribution in [0.15, 0.2) is 41.5 Å². The van der Waals surface area contributed by atoms with Crippen molar-refractivity contribution >= 4 is 47.1 Å². The first-order chi connectivity index (χ1) is 12.5. The van der Waals surface area contributed by atoms with E-state index in [2.05, 4.69) is 10.5 Å². The van der Waals surface area contributed by atoms with Gasteiger partial charge in [-0.2, -0.15) is 5.10 Å². The van der Waals surface area contributed by atoms with Crippen LogP contribution in [0.5, 0.6) is 11.5 Å². The Morgan fingerprint density at radius 2 is 1.92 bits per heavy atom. The summed E-state index contributed by atoms with van der Waals surface area (Å²) in [6, 6.07) is 10.7. The molecule has 2 aromatic rings. The molecule has 2 aromatic carbocycles. The van der Waals surface area contributed by atoms with E-state index in [4.69, 9.17) is 32.7 Å². The lowest BCUT2D eigenvalue weighted by Crippen LogP contribution is -2.19. The Morgan fingerprint density at radius 3 is 2.58 bits per heavy atom. The standard InChI is InChI=1S/C18H18Cl2N2O3S/c1-24-13-7-6-12(17(8-13)25-2)9-21-22-18(23)11-26-10-14-15(19)4-3-5-16(14)20/h3-9H,10-11H2,1-2H3,(H,22,23)/b21-9-. The van der Waals surface area contributed by atoms with E-state index in [0.29, 0.717) is 27.3 Å². The Kier molecular flexibility index (Phi) is 8.09. The maximum atomic E-state index is 11.9. The number of nitrogens with zero attached hydrogens (tertiary/aromatic N) is 1. The van der Waals surface area contributed by atoms with Crippen molar-refractivity contribution in [2.45, 2.75) is 5.75 Å². The van der Waals surface area contributed by atoms with Crippen LogP contribution in [0.2, 0.25) is 10.0 Å². The molecule has 5 nitrogen and oxygen atoms in total. The second-order valence-electron chi connectivity index (χ2n) is 5.09. The summed E-state index contributed by atoms with van der Waals surface area (Å²) < 4.78 is 10.4. The maximum absolute atomic E-state index is 11.9. The molecule has 2 rings (SSSR count). The van der Waals surface area contributed by atoms with Crippen molar-refractivity contribution in [2.24, 2.45) is 5.10 Å². The SMILES string of the molecule is COc1ccc(/C=N\NC(=O)CSCc2c(Cl)cccc2Cl)c(OC)c1. The lowest BCUT2D eigenvalue weighted by atomic mass is 10.2. The molecule has 0 aromatic heterocycles. The number of hydrogen-bond donors (Lipinski definition) is 1. The van der Waals surface area contributed by atoms with Crippen LogP contribution in [0.4, 0.5) is 0 Å². The third-order valence-corrected chi connectivity index (χ3v) is 5.04. The van der Waals surface area contributed by atoms with Gasteiger partial charge in [-0.15, -0.1) is 11.8 Å². The van der Waals surface area contributed by atoms with Crippen molar-refractivity contribution in [2.75, 3.05) is 20.0 Å². The number of carbonyl (C=O) groups excluding carboxylic acids is 1. The Labute approximate surface area is 166 Å². The van der Waals surface area contributed by atoms with Crippen molar-refractivity contribution in [3.8, 4) is 11.5 Å². The van der Waals surface area contributed by atoms with Gasteiger partial charge >= 0.3 is 0 Å². The van der Waals surface area contributed by atoms with Gasteiger partial charge in [-0.25, -0.2) is 5.43 Å². The second kappa shape index (κ2) is 10.3. The largest absolute Gasteiger partial charge is 0.497 e. The first kappa shape index (κ1) is 20.4. The van der Waals surface area contributed by atoms with Crippen LogP contribution < -0.4 is 14.9 Å². The summed E-state index contributed by atoms with van der Waals surface area (Å²) in [6.45, 7) is 0. The molecular weight excluding hydrogens is 395 g/mol. The summed E-state index contributed by atoms with van der Waals surface area (Å²) in [5.41, 5.74) is 4.03. The van der Waals surface area contributed by atoms with Crippen molar-refractivity contribution in [3.05, 3.63) is 57.6 Å². The van der Waals surface area contributed by atoms with Gasteiger partial charge in [-0.3, -0.25) is 4.79 Å². The molecule has 138 valence electrons. The predicted molar refractivity (Wildman–Crippen MR) is 108 cm³/mol. The van der Waals surface area contributed by atoms with Crippen molar-refractivity contribution < 1.29 is 14.3 Å². The fourth-order valence-electron chi connectivity index (χ4n) is 2.05. The highest BCUT2D eigenvalue weighted by molar-refractivity contribution is 7.99. The van der Waals surface area contributed by atoms with E-state index in [1.165, 1.54) is 18.0 Å². The molecule has 0 atom stereocenters. The van der Waals surface area contributed by atoms with E-state index in [-0.39, 0.29) is 11.7 Å². The number of methoxy groups -OCH3 is 2. The average molecular weight is 413 g/mol. The molecule has 0 bridgehead atoms. The molecule has 0 saturated carbocycles. The molecule has 0 spiro atoms. The number of carbonyl (C=O) groups is 1. The van der Waals surface area contributed by atoms with Crippen LogP contribution in [0, 0.1) is 0 Å². The van der Waals surface area contributed by atoms with Crippen LogP contribution in [-0.2, 0) is 10.5 Å². The van der Waals surface area contributed by atoms with E-state index in [9.17, 15) is 4.79 Å². The van der Waals surface area contributed by atoms with Gasteiger partial charge in [-0.1, -0.05) is 29.3 Å². The molecule has 26 heavy (non-hydrogen) atoms. The smallest absolute Gasteiger partial charge is 0.250 e. The van der Waals surface area contributed by atoms with Gasteiger partial charge in [0.1, 0.15) is 11.5 Å². The Bertz CT molecular complexity index is 780. The number of amides is 1. The van der Waals surface area contributed by atoms with E-state index in [0.717, 1.165) is 11.1 Å². The monoisotopic (exact) mass is 412 g/mol. The zero-order valence-electron chi connectivity index (χ0n) is 14.3. The van der Waals surface area contributed by atoms with Crippen LogP contribution in [0.3, 0.4) is 0 Å². The van der Waals surface area contributed by atoms with Gasteiger partial charge in [0.05, 0.1) is 26.2 Å². The molecule has 0 heterocycles. The fourth-order valence-corrected chi connectivity index (χ4v) is 3.60. The summed E-state index contributed by atoms with van der Waals surface area (Å²) >= 11 is 13.6.